The highest BCUT2D eigenvalue weighted by Crippen LogP contribution is 2.33. The molecule has 0 aliphatic carbocycles. The average molecular weight is 426 g/mol. The fourth-order valence-electron chi connectivity index (χ4n) is 2.91. The van der Waals surface area contributed by atoms with Crippen LogP contribution < -0.4 is 10.1 Å². The van der Waals surface area contributed by atoms with Crippen molar-refractivity contribution in [3.8, 4) is 28.4 Å². The Morgan fingerprint density at radius 3 is 2.67 bits per heavy atom. The quantitative estimate of drug-likeness (QED) is 0.374. The van der Waals surface area contributed by atoms with Crippen LogP contribution in [0.4, 0.5) is 0 Å². The number of ether oxygens (including phenoxy) is 2. The van der Waals surface area contributed by atoms with Crippen LogP contribution in [0.2, 0.25) is 0 Å². The van der Waals surface area contributed by atoms with Crippen LogP contribution >= 0.6 is 11.8 Å². The van der Waals surface area contributed by atoms with Crippen LogP contribution in [0.5, 0.6) is 5.75 Å². The maximum absolute atomic E-state index is 12.2. The van der Waals surface area contributed by atoms with Crippen molar-refractivity contribution in [1.29, 1.82) is 0 Å². The van der Waals surface area contributed by atoms with Gasteiger partial charge in [-0.05, 0) is 25.5 Å². The predicted molar refractivity (Wildman–Crippen MR) is 121 cm³/mol. The van der Waals surface area contributed by atoms with Gasteiger partial charge in [0.2, 0.25) is 5.91 Å². The largest absolute Gasteiger partial charge is 0.497 e. The first-order valence-corrected chi connectivity index (χ1v) is 10.8. The number of hydrogen-bond donors (Lipinski definition) is 2. The molecular weight excluding hydrogens is 398 g/mol. The Bertz CT molecular complexity index is 970. The van der Waals surface area contributed by atoms with Gasteiger partial charge in [-0.25, -0.2) is 4.98 Å². The number of benzene rings is 2. The Hall–Kier alpha value is -2.77. The van der Waals surface area contributed by atoms with Gasteiger partial charge in [-0.3, -0.25) is 4.79 Å². The van der Waals surface area contributed by atoms with Crippen molar-refractivity contribution in [2.75, 3.05) is 33.1 Å². The van der Waals surface area contributed by atoms with Gasteiger partial charge in [0.1, 0.15) is 16.6 Å². The smallest absolute Gasteiger partial charge is 0.230 e. The summed E-state index contributed by atoms with van der Waals surface area (Å²) >= 11 is 1.43. The third kappa shape index (κ3) is 5.87. The average Bonchev–Trinajstić information content (AvgIpc) is 3.20. The van der Waals surface area contributed by atoms with Gasteiger partial charge in [0.25, 0.3) is 0 Å². The van der Waals surface area contributed by atoms with E-state index in [4.69, 9.17) is 14.5 Å². The molecule has 0 aliphatic rings. The SMILES string of the molecule is COCCCNC(=O)CSc1nc(-c2cccc(OC)c2)[nH]c1-c1ccc(C)cc1. The molecule has 3 aromatic rings. The third-order valence-corrected chi connectivity index (χ3v) is 5.52. The van der Waals surface area contributed by atoms with Crippen molar-refractivity contribution in [2.45, 2.75) is 18.4 Å². The second-order valence-electron chi connectivity index (χ2n) is 6.85. The van der Waals surface area contributed by atoms with Crippen LogP contribution in [0.3, 0.4) is 0 Å². The molecule has 1 aromatic heterocycles. The van der Waals surface area contributed by atoms with Gasteiger partial charge in [0.05, 0.1) is 18.6 Å². The van der Waals surface area contributed by atoms with Crippen molar-refractivity contribution < 1.29 is 14.3 Å². The lowest BCUT2D eigenvalue weighted by Gasteiger charge is -2.05. The minimum Gasteiger partial charge on any atom is -0.497 e. The summed E-state index contributed by atoms with van der Waals surface area (Å²) < 4.78 is 10.3. The van der Waals surface area contributed by atoms with E-state index in [0.29, 0.717) is 18.9 Å². The van der Waals surface area contributed by atoms with Crippen molar-refractivity contribution in [3.05, 3.63) is 54.1 Å². The van der Waals surface area contributed by atoms with Crippen LogP contribution in [0.1, 0.15) is 12.0 Å². The van der Waals surface area contributed by atoms with E-state index in [0.717, 1.165) is 39.8 Å². The van der Waals surface area contributed by atoms with Gasteiger partial charge >= 0.3 is 0 Å². The number of aryl methyl sites for hydroxylation is 1. The first-order chi connectivity index (χ1) is 14.6. The van der Waals surface area contributed by atoms with Gasteiger partial charge in [0.15, 0.2) is 0 Å². The number of aromatic nitrogens is 2. The molecule has 158 valence electrons. The molecular formula is C23H27N3O3S. The minimum atomic E-state index is -0.0168. The molecule has 2 aromatic carbocycles. The number of aromatic amines is 1. The number of imidazole rings is 1. The molecule has 0 saturated heterocycles. The molecule has 0 fully saturated rings. The van der Waals surface area contributed by atoms with Gasteiger partial charge in [-0.2, -0.15) is 0 Å². The maximum Gasteiger partial charge on any atom is 0.230 e. The number of thioether (sulfide) groups is 1. The summed E-state index contributed by atoms with van der Waals surface area (Å²) in [5, 5.41) is 3.71. The Kier molecular flexibility index (Phi) is 7.93. The number of rotatable bonds is 10. The maximum atomic E-state index is 12.2. The van der Waals surface area contributed by atoms with Crippen LogP contribution in [-0.2, 0) is 9.53 Å². The lowest BCUT2D eigenvalue weighted by molar-refractivity contribution is -0.118. The predicted octanol–water partition coefficient (Wildman–Crippen LogP) is 4.31. The van der Waals surface area contributed by atoms with Gasteiger partial charge in [-0.15, -0.1) is 0 Å². The molecule has 7 heteroatoms. The summed E-state index contributed by atoms with van der Waals surface area (Å²) in [5.74, 6) is 1.80. The highest BCUT2D eigenvalue weighted by molar-refractivity contribution is 8.00. The number of methoxy groups -OCH3 is 2. The fraction of sp³-hybridized carbons (Fsp3) is 0.304. The fourth-order valence-corrected chi connectivity index (χ4v) is 3.75. The zero-order valence-electron chi connectivity index (χ0n) is 17.5. The van der Waals surface area contributed by atoms with Crippen molar-refractivity contribution >= 4 is 17.7 Å². The van der Waals surface area contributed by atoms with Crippen LogP contribution in [0, 0.1) is 6.92 Å². The van der Waals surface area contributed by atoms with E-state index in [1.54, 1.807) is 14.2 Å². The Labute approximate surface area is 181 Å². The molecule has 0 unspecified atom stereocenters. The normalized spacial score (nSPS) is 10.8. The molecule has 2 N–H and O–H groups in total. The van der Waals surface area contributed by atoms with Gasteiger partial charge in [0, 0.05) is 31.4 Å². The van der Waals surface area contributed by atoms with E-state index in [9.17, 15) is 4.79 Å². The number of carbonyl (C=O) groups is 1. The number of amides is 1. The minimum absolute atomic E-state index is 0.0168. The van der Waals surface area contributed by atoms with Gasteiger partial charge < -0.3 is 19.8 Å². The highest BCUT2D eigenvalue weighted by Gasteiger charge is 2.16. The van der Waals surface area contributed by atoms with E-state index in [1.165, 1.54) is 17.3 Å². The molecule has 0 bridgehead atoms. The van der Waals surface area contributed by atoms with Crippen LogP contribution in [-0.4, -0.2) is 49.0 Å². The van der Waals surface area contributed by atoms with Crippen molar-refractivity contribution in [3.63, 3.8) is 0 Å². The summed E-state index contributed by atoms with van der Waals surface area (Å²) in [5.41, 5.74) is 4.06. The first-order valence-electron chi connectivity index (χ1n) is 9.80. The van der Waals surface area contributed by atoms with E-state index in [2.05, 4.69) is 41.5 Å². The summed E-state index contributed by atoms with van der Waals surface area (Å²) in [6.07, 6.45) is 0.796. The van der Waals surface area contributed by atoms with E-state index in [-0.39, 0.29) is 5.91 Å². The molecule has 6 nitrogen and oxygen atoms in total. The topological polar surface area (TPSA) is 76.2 Å². The molecule has 1 heterocycles. The van der Waals surface area contributed by atoms with Crippen molar-refractivity contribution in [2.24, 2.45) is 0 Å². The molecule has 30 heavy (non-hydrogen) atoms. The number of nitrogens with one attached hydrogen (secondary N) is 2. The Morgan fingerprint density at radius 1 is 1.13 bits per heavy atom. The summed E-state index contributed by atoms with van der Waals surface area (Å²) in [6.45, 7) is 3.30. The van der Waals surface area contributed by atoms with E-state index >= 15 is 0 Å². The van der Waals surface area contributed by atoms with E-state index < -0.39 is 0 Å². The van der Waals surface area contributed by atoms with Crippen molar-refractivity contribution in [1.82, 2.24) is 15.3 Å². The second kappa shape index (κ2) is 10.8. The monoisotopic (exact) mass is 425 g/mol. The first kappa shape index (κ1) is 21.9. The van der Waals surface area contributed by atoms with Gasteiger partial charge in [-0.1, -0.05) is 53.7 Å². The number of H-pyrrole nitrogens is 1. The zero-order chi connectivity index (χ0) is 21.3. The number of carbonyl (C=O) groups excluding carboxylic acids is 1. The molecule has 0 atom stereocenters. The molecule has 0 aliphatic heterocycles. The van der Waals surface area contributed by atoms with E-state index in [1.807, 2.05) is 24.3 Å². The molecule has 1 amide bonds. The molecule has 0 saturated carbocycles. The van der Waals surface area contributed by atoms with Crippen LogP contribution in [0.15, 0.2) is 53.6 Å². The highest BCUT2D eigenvalue weighted by atomic mass is 32.2. The lowest BCUT2D eigenvalue weighted by atomic mass is 10.1. The molecule has 3 rings (SSSR count). The summed E-state index contributed by atoms with van der Waals surface area (Å²) in [6, 6.07) is 16.0. The number of nitrogens with zero attached hydrogens (tertiary/aromatic N) is 1. The summed E-state index contributed by atoms with van der Waals surface area (Å²) in [7, 11) is 3.30. The Morgan fingerprint density at radius 2 is 1.93 bits per heavy atom. The second-order valence-corrected chi connectivity index (χ2v) is 7.81. The standard InChI is InChI=1S/C23H27N3O3S/c1-16-8-10-17(11-9-16)21-23(30-15-20(27)24-12-5-13-28-2)26-22(25-21)18-6-4-7-19(14-18)29-3/h4,6-11,14H,5,12-13,15H2,1-3H3,(H,24,27)(H,25,26). The lowest BCUT2D eigenvalue weighted by Crippen LogP contribution is -2.26. The molecule has 0 radical (unpaired) electrons. The molecule has 0 spiro atoms. The Balaban J connectivity index is 1.81. The number of hydrogen-bond acceptors (Lipinski definition) is 5. The third-order valence-electron chi connectivity index (χ3n) is 4.54. The summed E-state index contributed by atoms with van der Waals surface area (Å²) in [4.78, 5) is 20.4. The van der Waals surface area contributed by atoms with Crippen LogP contribution in [0.25, 0.3) is 22.6 Å². The zero-order valence-corrected chi connectivity index (χ0v) is 18.3.